The van der Waals surface area contributed by atoms with Crippen LogP contribution in [0, 0.1) is 5.82 Å². The first-order valence-electron chi connectivity index (χ1n) is 5.93. The van der Waals surface area contributed by atoms with Gasteiger partial charge in [0.25, 0.3) is 0 Å². The van der Waals surface area contributed by atoms with Crippen molar-refractivity contribution < 1.29 is 24.4 Å². The van der Waals surface area contributed by atoms with Crippen LogP contribution in [0.4, 0.5) is 10.2 Å². The van der Waals surface area contributed by atoms with Crippen LogP contribution in [0.25, 0.3) is 11.0 Å². The van der Waals surface area contributed by atoms with Crippen LogP contribution in [0.2, 0.25) is 0 Å². The SMILES string of the molecule is Nc1ncnc2c1c(F)cn2C1OC(CO)C(O)C1O. The number of rotatable bonds is 2. The van der Waals surface area contributed by atoms with Crippen molar-refractivity contribution >= 4 is 16.9 Å². The van der Waals surface area contributed by atoms with Gasteiger partial charge in [0.05, 0.1) is 12.0 Å². The molecular weight excluding hydrogens is 271 g/mol. The molecule has 4 unspecified atom stereocenters. The summed E-state index contributed by atoms with van der Waals surface area (Å²) in [5.41, 5.74) is 5.73. The number of hydrogen-bond donors (Lipinski definition) is 4. The molecule has 1 aliphatic rings. The zero-order valence-electron chi connectivity index (χ0n) is 10.2. The summed E-state index contributed by atoms with van der Waals surface area (Å²) in [6, 6.07) is 0. The van der Waals surface area contributed by atoms with Gasteiger partial charge in [-0.25, -0.2) is 14.4 Å². The number of nitrogen functional groups attached to an aromatic ring is 1. The van der Waals surface area contributed by atoms with Gasteiger partial charge in [0.1, 0.15) is 30.5 Å². The van der Waals surface area contributed by atoms with Gasteiger partial charge in [0, 0.05) is 6.20 Å². The molecule has 1 saturated heterocycles. The number of hydrogen-bond acceptors (Lipinski definition) is 7. The van der Waals surface area contributed by atoms with E-state index in [0.29, 0.717) is 0 Å². The lowest BCUT2D eigenvalue weighted by Gasteiger charge is -2.16. The van der Waals surface area contributed by atoms with Gasteiger partial charge in [-0.2, -0.15) is 0 Å². The third-order valence-electron chi connectivity index (χ3n) is 3.38. The van der Waals surface area contributed by atoms with Gasteiger partial charge >= 0.3 is 0 Å². The molecule has 0 radical (unpaired) electrons. The quantitative estimate of drug-likeness (QED) is 0.543. The molecule has 3 rings (SSSR count). The molecule has 2 aromatic rings. The van der Waals surface area contributed by atoms with Crippen molar-refractivity contribution in [3.8, 4) is 0 Å². The fourth-order valence-electron chi connectivity index (χ4n) is 2.37. The number of ether oxygens (including phenoxy) is 1. The number of aromatic nitrogens is 3. The van der Waals surface area contributed by atoms with Crippen LogP contribution in [0.5, 0.6) is 0 Å². The normalized spacial score (nSPS) is 30.2. The van der Waals surface area contributed by atoms with Crippen LogP contribution in [-0.4, -0.2) is 54.8 Å². The van der Waals surface area contributed by atoms with Gasteiger partial charge in [-0.15, -0.1) is 0 Å². The second-order valence-electron chi connectivity index (χ2n) is 4.57. The van der Waals surface area contributed by atoms with Gasteiger partial charge in [-0.1, -0.05) is 0 Å². The molecule has 8 nitrogen and oxygen atoms in total. The average molecular weight is 284 g/mol. The second kappa shape index (κ2) is 4.63. The first kappa shape index (κ1) is 13.2. The summed E-state index contributed by atoms with van der Waals surface area (Å²) in [7, 11) is 0. The lowest BCUT2D eigenvalue weighted by Crippen LogP contribution is -2.33. The van der Waals surface area contributed by atoms with E-state index in [9.17, 15) is 14.6 Å². The molecule has 20 heavy (non-hydrogen) atoms. The molecule has 9 heteroatoms. The predicted octanol–water partition coefficient (Wildman–Crippen LogP) is -1.24. The van der Waals surface area contributed by atoms with E-state index >= 15 is 0 Å². The zero-order chi connectivity index (χ0) is 14.4. The number of aliphatic hydroxyl groups excluding tert-OH is 3. The Morgan fingerprint density at radius 2 is 2.10 bits per heavy atom. The van der Waals surface area contributed by atoms with Crippen LogP contribution in [0.3, 0.4) is 0 Å². The van der Waals surface area contributed by atoms with Crippen LogP contribution >= 0.6 is 0 Å². The molecule has 4 atom stereocenters. The predicted molar refractivity (Wildman–Crippen MR) is 64.9 cm³/mol. The molecule has 0 spiro atoms. The Morgan fingerprint density at radius 1 is 1.35 bits per heavy atom. The van der Waals surface area contributed by atoms with Crippen molar-refractivity contribution in [3.63, 3.8) is 0 Å². The Labute approximate surface area is 112 Å². The monoisotopic (exact) mass is 284 g/mol. The highest BCUT2D eigenvalue weighted by molar-refractivity contribution is 5.86. The Kier molecular flexibility index (Phi) is 3.05. The van der Waals surface area contributed by atoms with E-state index in [-0.39, 0.29) is 16.9 Å². The topological polar surface area (TPSA) is 127 Å². The Hall–Kier alpha value is -1.81. The summed E-state index contributed by atoms with van der Waals surface area (Å²) >= 11 is 0. The van der Waals surface area contributed by atoms with E-state index in [1.54, 1.807) is 0 Å². The molecule has 5 N–H and O–H groups in total. The third-order valence-corrected chi connectivity index (χ3v) is 3.38. The van der Waals surface area contributed by atoms with Crippen molar-refractivity contribution in [2.75, 3.05) is 12.3 Å². The van der Waals surface area contributed by atoms with Crippen LogP contribution < -0.4 is 5.73 Å². The molecule has 2 aromatic heterocycles. The number of fused-ring (bicyclic) bond motifs is 1. The third kappa shape index (κ3) is 1.75. The van der Waals surface area contributed by atoms with Crippen molar-refractivity contribution in [1.82, 2.24) is 14.5 Å². The smallest absolute Gasteiger partial charge is 0.164 e. The minimum atomic E-state index is -1.32. The van der Waals surface area contributed by atoms with E-state index in [1.807, 2.05) is 0 Å². The Bertz CT molecular complexity index is 649. The number of nitrogens with two attached hydrogens (primary N) is 1. The fraction of sp³-hybridized carbons (Fsp3) is 0.455. The van der Waals surface area contributed by atoms with Gasteiger partial charge in [-0.05, 0) is 0 Å². The molecule has 0 aliphatic carbocycles. The summed E-state index contributed by atoms with van der Waals surface area (Å²) in [6.07, 6.45) is -2.38. The number of nitrogens with zero attached hydrogens (tertiary/aromatic N) is 3. The lowest BCUT2D eigenvalue weighted by atomic mass is 10.1. The average Bonchev–Trinajstić information content (AvgIpc) is 2.90. The minimum Gasteiger partial charge on any atom is -0.394 e. The van der Waals surface area contributed by atoms with Crippen molar-refractivity contribution in [2.45, 2.75) is 24.5 Å². The van der Waals surface area contributed by atoms with Gasteiger partial charge < -0.3 is 30.4 Å². The summed E-state index contributed by atoms with van der Waals surface area (Å²) in [4.78, 5) is 7.61. The van der Waals surface area contributed by atoms with E-state index in [4.69, 9.17) is 15.6 Å². The summed E-state index contributed by atoms with van der Waals surface area (Å²) in [5, 5.41) is 28.7. The lowest BCUT2D eigenvalue weighted by molar-refractivity contribution is -0.0510. The van der Waals surface area contributed by atoms with Gasteiger partial charge in [0.15, 0.2) is 17.7 Å². The van der Waals surface area contributed by atoms with Gasteiger partial charge in [-0.3, -0.25) is 0 Å². The maximum Gasteiger partial charge on any atom is 0.164 e. The maximum atomic E-state index is 13.9. The molecule has 3 heterocycles. The first-order valence-corrected chi connectivity index (χ1v) is 5.93. The van der Waals surface area contributed by atoms with E-state index in [1.165, 1.54) is 4.57 Å². The highest BCUT2D eigenvalue weighted by atomic mass is 19.1. The van der Waals surface area contributed by atoms with Crippen LogP contribution in [0.15, 0.2) is 12.5 Å². The summed E-state index contributed by atoms with van der Waals surface area (Å²) in [6.45, 7) is -0.465. The molecule has 1 fully saturated rings. The van der Waals surface area contributed by atoms with E-state index in [2.05, 4.69) is 9.97 Å². The van der Waals surface area contributed by atoms with Gasteiger partial charge in [0.2, 0.25) is 0 Å². The summed E-state index contributed by atoms with van der Waals surface area (Å²) < 4.78 is 20.5. The standard InChI is InChI=1S/C11H13FN4O4/c12-4-1-16(10-6(4)9(13)14-3-15-10)11-8(19)7(18)5(2-17)20-11/h1,3,5,7-8,11,17-19H,2H2,(H2,13,14,15). The van der Waals surface area contributed by atoms with Crippen molar-refractivity contribution in [3.05, 3.63) is 18.3 Å². The summed E-state index contributed by atoms with van der Waals surface area (Å²) in [5.74, 6) is -0.686. The number of anilines is 1. The maximum absolute atomic E-state index is 13.9. The zero-order valence-corrected chi connectivity index (χ0v) is 10.2. The Balaban J connectivity index is 2.10. The second-order valence-corrected chi connectivity index (χ2v) is 4.57. The highest BCUT2D eigenvalue weighted by Gasteiger charge is 2.44. The largest absolute Gasteiger partial charge is 0.394 e. The Morgan fingerprint density at radius 3 is 2.75 bits per heavy atom. The molecular formula is C11H13FN4O4. The van der Waals surface area contributed by atoms with Crippen LogP contribution in [-0.2, 0) is 4.74 Å². The number of aliphatic hydroxyl groups is 3. The molecule has 0 aromatic carbocycles. The van der Waals surface area contributed by atoms with E-state index < -0.39 is 37.0 Å². The number of halogens is 1. The molecule has 1 aliphatic heterocycles. The molecule has 0 bridgehead atoms. The van der Waals surface area contributed by atoms with Crippen molar-refractivity contribution in [1.29, 1.82) is 0 Å². The molecule has 0 amide bonds. The van der Waals surface area contributed by atoms with E-state index in [0.717, 1.165) is 12.5 Å². The molecule has 108 valence electrons. The van der Waals surface area contributed by atoms with Crippen molar-refractivity contribution in [2.24, 2.45) is 0 Å². The highest BCUT2D eigenvalue weighted by Crippen LogP contribution is 2.33. The van der Waals surface area contributed by atoms with Crippen LogP contribution in [0.1, 0.15) is 6.23 Å². The first-order chi connectivity index (χ1) is 9.54. The molecule has 0 saturated carbocycles. The minimum absolute atomic E-state index is 0.0187. The fourth-order valence-corrected chi connectivity index (χ4v) is 2.37.